The molecule has 1 heterocycles. The molecule has 0 aliphatic carbocycles. The number of unbranched alkanes of at least 4 members (excludes halogenated alkanes) is 14. The summed E-state index contributed by atoms with van der Waals surface area (Å²) in [6.45, 7) is 2.27. The molecule has 1 rings (SSSR count). The van der Waals surface area contributed by atoms with E-state index in [4.69, 9.17) is 0 Å². The van der Waals surface area contributed by atoms with Gasteiger partial charge in [-0.2, -0.15) is 4.94 Å². The molecule has 0 aliphatic heterocycles. The number of hydrogen-bond acceptors (Lipinski definition) is 4. The second-order valence-corrected chi connectivity index (χ2v) is 7.17. The second-order valence-electron chi connectivity index (χ2n) is 7.17. The van der Waals surface area contributed by atoms with Crippen molar-refractivity contribution in [2.45, 2.75) is 110 Å². The Morgan fingerprint density at radius 3 is 1.81 bits per heavy atom. The Balaban J connectivity index is 1.84. The highest BCUT2D eigenvalue weighted by Crippen LogP contribution is 2.14. The zero-order valence-corrected chi connectivity index (χ0v) is 16.5. The summed E-state index contributed by atoms with van der Waals surface area (Å²) in [6.07, 6.45) is 23.7. The van der Waals surface area contributed by atoms with Crippen LogP contribution in [0.5, 0.6) is 0 Å². The summed E-state index contributed by atoms with van der Waals surface area (Å²) >= 11 is 0. The van der Waals surface area contributed by atoms with Crippen LogP contribution in [0.15, 0.2) is 12.4 Å². The van der Waals surface area contributed by atoms with E-state index in [0.29, 0.717) is 5.82 Å². The van der Waals surface area contributed by atoms with Gasteiger partial charge in [-0.25, -0.2) is 15.1 Å². The molecule has 1 aromatic heterocycles. The summed E-state index contributed by atoms with van der Waals surface area (Å²) in [5.74, 6) is 0.622. The standard InChI is InChI=1S/C20H37N3O3/c1-2-3-4-5-6-7-8-9-10-11-12-13-14-15-16-17-20-21-18-19-22(20)26-23(24)25/h18-19H,2-17H2,1H3. The smallest absolute Gasteiger partial charge is 0.218 e. The van der Waals surface area contributed by atoms with E-state index >= 15 is 0 Å². The summed E-state index contributed by atoms with van der Waals surface area (Å²) in [7, 11) is 0. The molecule has 0 bridgehead atoms. The van der Waals surface area contributed by atoms with Crippen LogP contribution in [0.2, 0.25) is 0 Å². The Morgan fingerprint density at radius 2 is 1.35 bits per heavy atom. The molecule has 6 heteroatoms. The van der Waals surface area contributed by atoms with E-state index < -0.39 is 5.09 Å². The van der Waals surface area contributed by atoms with Crippen molar-refractivity contribution < 1.29 is 10.0 Å². The maximum atomic E-state index is 10.4. The molecule has 0 fully saturated rings. The van der Waals surface area contributed by atoms with Crippen molar-refractivity contribution in [2.75, 3.05) is 0 Å². The minimum absolute atomic E-state index is 0.622. The summed E-state index contributed by atoms with van der Waals surface area (Å²) < 4.78 is 1.14. The minimum atomic E-state index is -0.808. The van der Waals surface area contributed by atoms with Crippen LogP contribution in [-0.4, -0.2) is 14.8 Å². The summed E-state index contributed by atoms with van der Waals surface area (Å²) in [5, 5.41) is 9.56. The Morgan fingerprint density at radius 1 is 0.885 bits per heavy atom. The van der Waals surface area contributed by atoms with Crippen LogP contribution in [0, 0.1) is 10.1 Å². The predicted octanol–water partition coefficient (Wildman–Crippen LogP) is 5.92. The van der Waals surface area contributed by atoms with E-state index in [0.717, 1.165) is 24.0 Å². The third kappa shape index (κ3) is 11.9. The van der Waals surface area contributed by atoms with E-state index in [9.17, 15) is 10.1 Å². The van der Waals surface area contributed by atoms with Crippen LogP contribution in [0.25, 0.3) is 0 Å². The van der Waals surface area contributed by atoms with Crippen molar-refractivity contribution in [3.05, 3.63) is 28.3 Å². The number of nitrogens with zero attached hydrogens (tertiary/aromatic N) is 3. The molecule has 0 spiro atoms. The van der Waals surface area contributed by atoms with Gasteiger partial charge in [0.1, 0.15) is 6.20 Å². The molecule has 0 aliphatic rings. The van der Waals surface area contributed by atoms with Gasteiger partial charge in [-0.15, -0.1) is 0 Å². The third-order valence-electron chi connectivity index (χ3n) is 4.84. The Labute approximate surface area is 158 Å². The van der Waals surface area contributed by atoms with Crippen molar-refractivity contribution in [1.29, 1.82) is 0 Å². The molecule has 1 aromatic rings. The van der Waals surface area contributed by atoms with Gasteiger partial charge in [0.15, 0.2) is 5.09 Å². The fourth-order valence-corrected chi connectivity index (χ4v) is 3.30. The van der Waals surface area contributed by atoms with Gasteiger partial charge >= 0.3 is 0 Å². The first-order chi connectivity index (χ1) is 12.7. The number of rotatable bonds is 18. The van der Waals surface area contributed by atoms with Crippen molar-refractivity contribution >= 4 is 0 Å². The van der Waals surface area contributed by atoms with E-state index in [2.05, 4.69) is 16.8 Å². The van der Waals surface area contributed by atoms with Crippen molar-refractivity contribution in [1.82, 2.24) is 9.71 Å². The molecular weight excluding hydrogens is 330 g/mol. The quantitative estimate of drug-likeness (QED) is 0.183. The average Bonchev–Trinajstić information content (AvgIpc) is 3.04. The monoisotopic (exact) mass is 367 g/mol. The van der Waals surface area contributed by atoms with Gasteiger partial charge in [0, 0.05) is 6.42 Å². The highest BCUT2D eigenvalue weighted by Gasteiger charge is 2.09. The molecule has 0 aromatic carbocycles. The first kappa shape index (κ1) is 22.5. The third-order valence-corrected chi connectivity index (χ3v) is 4.84. The van der Waals surface area contributed by atoms with Crippen LogP contribution < -0.4 is 4.94 Å². The highest BCUT2D eigenvalue weighted by molar-refractivity contribution is 4.89. The van der Waals surface area contributed by atoms with Crippen molar-refractivity contribution in [3.8, 4) is 0 Å². The molecule has 150 valence electrons. The van der Waals surface area contributed by atoms with Crippen LogP contribution in [0.1, 0.15) is 109 Å². The van der Waals surface area contributed by atoms with Crippen LogP contribution >= 0.6 is 0 Å². The summed E-state index contributed by atoms with van der Waals surface area (Å²) in [4.78, 5) is 18.9. The lowest BCUT2D eigenvalue weighted by Crippen LogP contribution is -2.19. The lowest BCUT2D eigenvalue weighted by Gasteiger charge is -2.04. The molecule has 0 atom stereocenters. The molecule has 0 saturated heterocycles. The topological polar surface area (TPSA) is 70.2 Å². The second kappa shape index (κ2) is 15.6. The fourth-order valence-electron chi connectivity index (χ4n) is 3.30. The maximum Gasteiger partial charge on any atom is 0.225 e. The van der Waals surface area contributed by atoms with E-state index in [1.54, 1.807) is 0 Å². The van der Waals surface area contributed by atoms with Gasteiger partial charge in [-0.05, 0) is 6.42 Å². The molecule has 0 N–H and O–H groups in total. The Bertz CT molecular complexity index is 463. The number of aromatic nitrogens is 2. The predicted molar refractivity (Wildman–Crippen MR) is 104 cm³/mol. The molecule has 0 unspecified atom stereocenters. The first-order valence-electron chi connectivity index (χ1n) is 10.6. The largest absolute Gasteiger partial charge is 0.225 e. The Hall–Kier alpha value is -1.59. The minimum Gasteiger partial charge on any atom is -0.218 e. The fraction of sp³-hybridized carbons (Fsp3) is 0.850. The number of imidazole rings is 1. The molecular formula is C20H37N3O3. The van der Waals surface area contributed by atoms with E-state index in [-0.39, 0.29) is 0 Å². The van der Waals surface area contributed by atoms with Gasteiger partial charge in [0.05, 0.1) is 6.20 Å². The SMILES string of the molecule is CCCCCCCCCCCCCCCCCc1nccn1O[N+](=O)[O-]. The molecule has 0 saturated carbocycles. The van der Waals surface area contributed by atoms with E-state index in [1.807, 2.05) is 0 Å². The highest BCUT2D eigenvalue weighted by atomic mass is 17.0. The van der Waals surface area contributed by atoms with Crippen LogP contribution in [0.4, 0.5) is 0 Å². The van der Waals surface area contributed by atoms with Gasteiger partial charge < -0.3 is 0 Å². The van der Waals surface area contributed by atoms with E-state index in [1.165, 1.54) is 95.9 Å². The van der Waals surface area contributed by atoms with Gasteiger partial charge in [0.2, 0.25) is 5.82 Å². The lowest BCUT2D eigenvalue weighted by molar-refractivity contribution is -0.749. The van der Waals surface area contributed by atoms with Gasteiger partial charge in [-0.3, -0.25) is 0 Å². The van der Waals surface area contributed by atoms with Gasteiger partial charge in [-0.1, -0.05) is 102 Å². The zero-order chi connectivity index (χ0) is 18.9. The number of aryl methyl sites for hydroxylation is 1. The lowest BCUT2D eigenvalue weighted by atomic mass is 10.0. The van der Waals surface area contributed by atoms with Crippen molar-refractivity contribution in [2.24, 2.45) is 0 Å². The maximum absolute atomic E-state index is 10.4. The Kier molecular flexibility index (Phi) is 13.5. The summed E-state index contributed by atoms with van der Waals surface area (Å²) in [5.41, 5.74) is 0. The van der Waals surface area contributed by atoms with Gasteiger partial charge in [0.25, 0.3) is 0 Å². The average molecular weight is 368 g/mol. The molecule has 26 heavy (non-hydrogen) atoms. The molecule has 6 nitrogen and oxygen atoms in total. The molecule has 0 amide bonds. The normalized spacial score (nSPS) is 11.0. The summed E-state index contributed by atoms with van der Waals surface area (Å²) in [6, 6.07) is 0. The number of hydrogen-bond donors (Lipinski definition) is 0. The van der Waals surface area contributed by atoms with Crippen molar-refractivity contribution in [3.63, 3.8) is 0 Å². The first-order valence-corrected chi connectivity index (χ1v) is 10.6. The van der Waals surface area contributed by atoms with Crippen LogP contribution in [0.3, 0.4) is 0 Å². The zero-order valence-electron chi connectivity index (χ0n) is 16.5. The van der Waals surface area contributed by atoms with Crippen LogP contribution in [-0.2, 0) is 6.42 Å². The molecule has 0 radical (unpaired) electrons.